The van der Waals surface area contributed by atoms with Crippen LogP contribution >= 0.6 is 0 Å². The standard InChI is InChI=1S/C20H28/c1-13-15-9-12-18(20(6,7)8)14(2)16(15)10-11-17(13)19(3,4)5/h9-12H,1-8H3. The molecule has 0 heteroatoms. The Kier molecular flexibility index (Phi) is 3.48. The molecule has 20 heavy (non-hydrogen) atoms. The predicted molar refractivity (Wildman–Crippen MR) is 90.8 cm³/mol. The van der Waals surface area contributed by atoms with E-state index in [0.29, 0.717) is 0 Å². The molecule has 0 aromatic heterocycles. The summed E-state index contributed by atoms with van der Waals surface area (Å²) in [4.78, 5) is 0. The zero-order valence-corrected chi connectivity index (χ0v) is 14.3. The van der Waals surface area contributed by atoms with Gasteiger partial charge in [0.2, 0.25) is 0 Å². The Hall–Kier alpha value is -1.30. The van der Waals surface area contributed by atoms with Gasteiger partial charge in [-0.15, -0.1) is 0 Å². The molecule has 0 bridgehead atoms. The molecular formula is C20H28. The molecule has 2 aromatic carbocycles. The van der Waals surface area contributed by atoms with Crippen molar-refractivity contribution in [3.63, 3.8) is 0 Å². The second-order valence-corrected chi connectivity index (χ2v) is 8.07. The normalized spacial score (nSPS) is 13.0. The van der Waals surface area contributed by atoms with Gasteiger partial charge < -0.3 is 0 Å². The third-order valence-corrected chi connectivity index (χ3v) is 4.36. The molecule has 0 aliphatic carbocycles. The Morgan fingerprint density at radius 1 is 0.550 bits per heavy atom. The molecule has 0 unspecified atom stereocenters. The van der Waals surface area contributed by atoms with E-state index in [2.05, 4.69) is 79.7 Å². The van der Waals surface area contributed by atoms with Gasteiger partial charge in [-0.1, -0.05) is 65.8 Å². The molecule has 0 spiro atoms. The maximum absolute atomic E-state index is 2.32. The summed E-state index contributed by atoms with van der Waals surface area (Å²) in [6.07, 6.45) is 0. The Morgan fingerprint density at radius 3 is 1.10 bits per heavy atom. The highest BCUT2D eigenvalue weighted by Crippen LogP contribution is 2.35. The van der Waals surface area contributed by atoms with E-state index in [4.69, 9.17) is 0 Å². The van der Waals surface area contributed by atoms with Crippen molar-refractivity contribution in [3.05, 3.63) is 46.5 Å². The van der Waals surface area contributed by atoms with Gasteiger partial charge in [0.25, 0.3) is 0 Å². The first-order chi connectivity index (χ1) is 9.03. The summed E-state index contributed by atoms with van der Waals surface area (Å²) in [7, 11) is 0. The van der Waals surface area contributed by atoms with Crippen molar-refractivity contribution in [2.24, 2.45) is 0 Å². The summed E-state index contributed by atoms with van der Waals surface area (Å²) in [5.74, 6) is 0. The van der Waals surface area contributed by atoms with E-state index in [9.17, 15) is 0 Å². The van der Waals surface area contributed by atoms with Crippen molar-refractivity contribution in [3.8, 4) is 0 Å². The number of aryl methyl sites for hydroxylation is 2. The molecule has 0 aliphatic heterocycles. The van der Waals surface area contributed by atoms with Crippen molar-refractivity contribution >= 4 is 10.8 Å². The van der Waals surface area contributed by atoms with Crippen LogP contribution in [0, 0.1) is 13.8 Å². The van der Waals surface area contributed by atoms with Crippen LogP contribution in [-0.4, -0.2) is 0 Å². The largest absolute Gasteiger partial charge is 0.0576 e. The summed E-state index contributed by atoms with van der Waals surface area (Å²) < 4.78 is 0. The number of benzene rings is 2. The zero-order chi connectivity index (χ0) is 15.3. The molecule has 2 aromatic rings. The first-order valence-corrected chi connectivity index (χ1v) is 7.57. The predicted octanol–water partition coefficient (Wildman–Crippen LogP) is 6.05. The van der Waals surface area contributed by atoms with Gasteiger partial charge in [0.1, 0.15) is 0 Å². The van der Waals surface area contributed by atoms with E-state index >= 15 is 0 Å². The van der Waals surface area contributed by atoms with Crippen LogP contribution in [0.5, 0.6) is 0 Å². The summed E-state index contributed by atoms with van der Waals surface area (Å²) >= 11 is 0. The fourth-order valence-electron chi connectivity index (χ4n) is 3.33. The minimum absolute atomic E-state index is 0.203. The van der Waals surface area contributed by atoms with Crippen molar-refractivity contribution in [2.75, 3.05) is 0 Å². The summed E-state index contributed by atoms with van der Waals surface area (Å²) in [6, 6.07) is 9.26. The summed E-state index contributed by atoms with van der Waals surface area (Å²) in [5, 5.41) is 2.81. The van der Waals surface area contributed by atoms with Gasteiger partial charge in [-0.05, 0) is 57.7 Å². The molecule has 0 radical (unpaired) electrons. The fraction of sp³-hybridized carbons (Fsp3) is 0.500. The SMILES string of the molecule is Cc1c(C(C)(C)C)ccc2c(C)c(C(C)(C)C)ccc12. The molecule has 0 saturated heterocycles. The summed E-state index contributed by atoms with van der Waals surface area (Å²) in [5.41, 5.74) is 6.17. The molecule has 0 heterocycles. The monoisotopic (exact) mass is 268 g/mol. The van der Waals surface area contributed by atoms with Gasteiger partial charge in [0, 0.05) is 0 Å². The molecule has 0 amide bonds. The second-order valence-electron chi connectivity index (χ2n) is 8.07. The maximum atomic E-state index is 2.32. The number of hydrogen-bond donors (Lipinski definition) is 0. The Labute approximate surface area is 124 Å². The molecule has 2 rings (SSSR count). The van der Waals surface area contributed by atoms with Crippen LogP contribution in [0.25, 0.3) is 10.8 Å². The number of rotatable bonds is 0. The van der Waals surface area contributed by atoms with E-state index in [1.54, 1.807) is 0 Å². The van der Waals surface area contributed by atoms with Crippen LogP contribution in [0.15, 0.2) is 24.3 Å². The Balaban J connectivity index is 2.79. The minimum atomic E-state index is 0.203. The molecule has 0 fully saturated rings. The highest BCUT2D eigenvalue weighted by molar-refractivity contribution is 5.90. The van der Waals surface area contributed by atoms with E-state index in [1.165, 1.54) is 33.0 Å². The average Bonchev–Trinajstić information content (AvgIpc) is 2.27. The molecular weight excluding hydrogens is 240 g/mol. The molecule has 0 aliphatic rings. The smallest absolute Gasteiger partial charge is 0.0129 e. The Morgan fingerprint density at radius 2 is 0.850 bits per heavy atom. The zero-order valence-electron chi connectivity index (χ0n) is 14.3. The second kappa shape index (κ2) is 4.62. The lowest BCUT2D eigenvalue weighted by molar-refractivity contribution is 0.585. The molecule has 0 N–H and O–H groups in total. The molecule has 108 valence electrons. The number of fused-ring (bicyclic) bond motifs is 1. The van der Waals surface area contributed by atoms with Gasteiger partial charge in [0.05, 0.1) is 0 Å². The van der Waals surface area contributed by atoms with Crippen LogP contribution in [0.2, 0.25) is 0 Å². The lowest BCUT2D eigenvalue weighted by Crippen LogP contribution is -2.15. The first kappa shape index (κ1) is 15.1. The van der Waals surface area contributed by atoms with E-state index in [1.807, 2.05) is 0 Å². The van der Waals surface area contributed by atoms with Gasteiger partial charge in [-0.2, -0.15) is 0 Å². The maximum Gasteiger partial charge on any atom is -0.0129 e. The molecule has 0 nitrogen and oxygen atoms in total. The minimum Gasteiger partial charge on any atom is -0.0576 e. The van der Waals surface area contributed by atoms with Gasteiger partial charge >= 0.3 is 0 Å². The lowest BCUT2D eigenvalue weighted by atomic mass is 9.79. The van der Waals surface area contributed by atoms with Gasteiger partial charge in [-0.3, -0.25) is 0 Å². The lowest BCUT2D eigenvalue weighted by Gasteiger charge is -2.26. The van der Waals surface area contributed by atoms with Crippen LogP contribution in [0.4, 0.5) is 0 Å². The average molecular weight is 268 g/mol. The van der Waals surface area contributed by atoms with Crippen LogP contribution in [0.1, 0.15) is 63.8 Å². The van der Waals surface area contributed by atoms with Gasteiger partial charge in [-0.25, -0.2) is 0 Å². The van der Waals surface area contributed by atoms with E-state index in [0.717, 1.165) is 0 Å². The third-order valence-electron chi connectivity index (χ3n) is 4.36. The Bertz CT molecular complexity index is 587. The number of hydrogen-bond acceptors (Lipinski definition) is 0. The van der Waals surface area contributed by atoms with Gasteiger partial charge in [0.15, 0.2) is 0 Å². The van der Waals surface area contributed by atoms with Crippen molar-refractivity contribution < 1.29 is 0 Å². The first-order valence-electron chi connectivity index (χ1n) is 7.57. The fourth-order valence-corrected chi connectivity index (χ4v) is 3.33. The molecule has 0 saturated carbocycles. The quantitative estimate of drug-likeness (QED) is 0.545. The van der Waals surface area contributed by atoms with Crippen molar-refractivity contribution in [2.45, 2.75) is 66.2 Å². The highest BCUT2D eigenvalue weighted by atomic mass is 14.3. The van der Waals surface area contributed by atoms with Crippen LogP contribution in [0.3, 0.4) is 0 Å². The topological polar surface area (TPSA) is 0 Å². The van der Waals surface area contributed by atoms with Crippen molar-refractivity contribution in [1.82, 2.24) is 0 Å². The van der Waals surface area contributed by atoms with Crippen LogP contribution < -0.4 is 0 Å². The highest BCUT2D eigenvalue weighted by Gasteiger charge is 2.21. The third kappa shape index (κ3) is 2.49. The molecule has 0 atom stereocenters. The summed E-state index contributed by atoms with van der Waals surface area (Å²) in [6.45, 7) is 18.3. The van der Waals surface area contributed by atoms with E-state index < -0.39 is 0 Å². The van der Waals surface area contributed by atoms with Crippen molar-refractivity contribution in [1.29, 1.82) is 0 Å². The van der Waals surface area contributed by atoms with Crippen LogP contribution in [-0.2, 0) is 10.8 Å². The van der Waals surface area contributed by atoms with E-state index in [-0.39, 0.29) is 10.8 Å².